The fourth-order valence-electron chi connectivity index (χ4n) is 3.63. The number of hydrogen-bond donors (Lipinski definition) is 1. The van der Waals surface area contributed by atoms with Gasteiger partial charge in [0.2, 0.25) is 0 Å². The van der Waals surface area contributed by atoms with Crippen LogP contribution in [0, 0.1) is 0 Å². The Bertz CT molecular complexity index is 936. The van der Waals surface area contributed by atoms with E-state index in [1.54, 1.807) is 18.4 Å². The van der Waals surface area contributed by atoms with E-state index in [0.717, 1.165) is 37.1 Å². The Balaban J connectivity index is 1.54. The molecule has 0 saturated carbocycles. The molecule has 28 heavy (non-hydrogen) atoms. The SMILES string of the molecule is COc1cc2ccccc2cc1C(=O)NC[C@H](c1cccs1)N1CCOCC1. The summed E-state index contributed by atoms with van der Waals surface area (Å²) in [5, 5.41) is 7.29. The van der Waals surface area contributed by atoms with Crippen molar-refractivity contribution in [3.63, 3.8) is 0 Å². The standard InChI is InChI=1S/C22H24N2O3S/c1-26-20-14-17-6-3-2-5-16(17)13-18(20)22(25)23-15-19(21-7-4-12-28-21)24-8-10-27-11-9-24/h2-7,12-14,19H,8-11,15H2,1H3,(H,23,25)/t19-/m1/s1. The molecule has 1 amide bonds. The van der Waals surface area contributed by atoms with E-state index in [1.165, 1.54) is 4.88 Å². The summed E-state index contributed by atoms with van der Waals surface area (Å²) >= 11 is 1.72. The van der Waals surface area contributed by atoms with E-state index >= 15 is 0 Å². The van der Waals surface area contributed by atoms with Gasteiger partial charge in [-0.25, -0.2) is 0 Å². The van der Waals surface area contributed by atoms with E-state index in [1.807, 2.05) is 36.4 Å². The number of carbonyl (C=O) groups is 1. The number of carbonyl (C=O) groups excluding carboxylic acids is 1. The molecule has 0 unspecified atom stereocenters. The van der Waals surface area contributed by atoms with Crippen molar-refractivity contribution in [1.29, 1.82) is 0 Å². The predicted octanol–water partition coefficient (Wildman–Crippen LogP) is 3.71. The lowest BCUT2D eigenvalue weighted by molar-refractivity contribution is 0.0169. The van der Waals surface area contributed by atoms with Crippen LogP contribution in [0.15, 0.2) is 53.9 Å². The highest BCUT2D eigenvalue weighted by Crippen LogP contribution is 2.28. The van der Waals surface area contributed by atoms with Gasteiger partial charge in [-0.3, -0.25) is 9.69 Å². The lowest BCUT2D eigenvalue weighted by Gasteiger charge is -2.34. The zero-order chi connectivity index (χ0) is 19.3. The average Bonchev–Trinajstić information content (AvgIpc) is 3.28. The third kappa shape index (κ3) is 4.04. The average molecular weight is 397 g/mol. The first kappa shape index (κ1) is 18.9. The Morgan fingerprint density at radius 1 is 1.18 bits per heavy atom. The fourth-order valence-corrected chi connectivity index (χ4v) is 4.49. The molecule has 1 fully saturated rings. The molecular weight excluding hydrogens is 372 g/mol. The van der Waals surface area contributed by atoms with Crippen molar-refractivity contribution in [2.75, 3.05) is 40.0 Å². The van der Waals surface area contributed by atoms with Crippen molar-refractivity contribution in [2.45, 2.75) is 6.04 Å². The Morgan fingerprint density at radius 3 is 2.61 bits per heavy atom. The summed E-state index contributed by atoms with van der Waals surface area (Å²) in [5.41, 5.74) is 0.563. The number of ether oxygens (including phenoxy) is 2. The van der Waals surface area contributed by atoms with Crippen LogP contribution in [0.3, 0.4) is 0 Å². The first-order valence-electron chi connectivity index (χ1n) is 9.46. The van der Waals surface area contributed by atoms with Gasteiger partial charge in [0.1, 0.15) is 5.75 Å². The van der Waals surface area contributed by atoms with Crippen LogP contribution in [0.25, 0.3) is 10.8 Å². The minimum absolute atomic E-state index is 0.114. The molecule has 5 nitrogen and oxygen atoms in total. The normalized spacial score (nSPS) is 16.0. The number of fused-ring (bicyclic) bond motifs is 1. The van der Waals surface area contributed by atoms with Crippen molar-refractivity contribution in [3.05, 3.63) is 64.4 Å². The van der Waals surface area contributed by atoms with E-state index in [2.05, 4.69) is 27.7 Å². The van der Waals surface area contributed by atoms with Crippen LogP contribution in [0.5, 0.6) is 5.75 Å². The number of nitrogens with one attached hydrogen (secondary N) is 1. The zero-order valence-corrected chi connectivity index (χ0v) is 16.7. The molecule has 0 aliphatic carbocycles. The maximum absolute atomic E-state index is 13.0. The molecule has 0 radical (unpaired) electrons. The van der Waals surface area contributed by atoms with Gasteiger partial charge in [0.15, 0.2) is 0 Å². The van der Waals surface area contributed by atoms with Crippen molar-refractivity contribution < 1.29 is 14.3 Å². The molecule has 1 saturated heterocycles. The van der Waals surface area contributed by atoms with E-state index in [4.69, 9.17) is 9.47 Å². The summed E-state index contributed by atoms with van der Waals surface area (Å²) in [7, 11) is 1.60. The van der Waals surface area contributed by atoms with Crippen LogP contribution in [-0.4, -0.2) is 50.8 Å². The molecule has 1 atom stereocenters. The lowest BCUT2D eigenvalue weighted by atomic mass is 10.0. The second kappa shape index (κ2) is 8.73. The summed E-state index contributed by atoms with van der Waals surface area (Å²) in [6, 6.07) is 16.1. The highest BCUT2D eigenvalue weighted by atomic mass is 32.1. The zero-order valence-electron chi connectivity index (χ0n) is 15.9. The van der Waals surface area contributed by atoms with Crippen LogP contribution in [-0.2, 0) is 4.74 Å². The summed E-state index contributed by atoms with van der Waals surface area (Å²) in [5.74, 6) is 0.479. The topological polar surface area (TPSA) is 50.8 Å². The van der Waals surface area contributed by atoms with Gasteiger partial charge in [-0.15, -0.1) is 11.3 Å². The molecule has 1 aromatic heterocycles. The van der Waals surface area contributed by atoms with Gasteiger partial charge in [0.25, 0.3) is 5.91 Å². The van der Waals surface area contributed by atoms with Crippen LogP contribution < -0.4 is 10.1 Å². The Hall–Kier alpha value is -2.41. The van der Waals surface area contributed by atoms with Gasteiger partial charge in [0, 0.05) is 24.5 Å². The van der Waals surface area contributed by atoms with Gasteiger partial charge in [-0.05, 0) is 34.4 Å². The van der Waals surface area contributed by atoms with Gasteiger partial charge in [0.05, 0.1) is 31.9 Å². The van der Waals surface area contributed by atoms with E-state index in [-0.39, 0.29) is 11.9 Å². The number of hydrogen-bond acceptors (Lipinski definition) is 5. The second-order valence-corrected chi connectivity index (χ2v) is 7.77. The van der Waals surface area contributed by atoms with Crippen LogP contribution in [0.2, 0.25) is 0 Å². The number of nitrogens with zero attached hydrogens (tertiary/aromatic N) is 1. The molecule has 2 aromatic carbocycles. The maximum Gasteiger partial charge on any atom is 0.255 e. The first-order chi connectivity index (χ1) is 13.8. The van der Waals surface area contributed by atoms with Crippen LogP contribution in [0.1, 0.15) is 21.3 Å². The summed E-state index contributed by atoms with van der Waals surface area (Å²) in [4.78, 5) is 16.6. The molecule has 4 rings (SSSR count). The third-order valence-electron chi connectivity index (χ3n) is 5.13. The minimum atomic E-state index is -0.114. The molecule has 6 heteroatoms. The molecule has 3 aromatic rings. The molecule has 0 spiro atoms. The maximum atomic E-state index is 13.0. The third-order valence-corrected chi connectivity index (χ3v) is 6.10. The van der Waals surface area contributed by atoms with Crippen molar-refractivity contribution in [2.24, 2.45) is 0 Å². The number of amides is 1. The highest BCUT2D eigenvalue weighted by molar-refractivity contribution is 7.10. The molecule has 1 aliphatic rings. The highest BCUT2D eigenvalue weighted by Gasteiger charge is 2.24. The van der Waals surface area contributed by atoms with Gasteiger partial charge in [-0.1, -0.05) is 30.3 Å². The number of rotatable bonds is 6. The second-order valence-electron chi connectivity index (χ2n) is 6.79. The molecule has 1 aliphatic heterocycles. The van der Waals surface area contributed by atoms with Crippen LogP contribution >= 0.6 is 11.3 Å². The van der Waals surface area contributed by atoms with Crippen molar-refractivity contribution in [1.82, 2.24) is 10.2 Å². The molecule has 0 bridgehead atoms. The van der Waals surface area contributed by atoms with E-state index in [0.29, 0.717) is 17.9 Å². The monoisotopic (exact) mass is 396 g/mol. The summed E-state index contributed by atoms with van der Waals surface area (Å²) in [6.45, 7) is 3.76. The van der Waals surface area contributed by atoms with Crippen molar-refractivity contribution >= 4 is 28.0 Å². The summed E-state index contributed by atoms with van der Waals surface area (Å²) < 4.78 is 11.0. The summed E-state index contributed by atoms with van der Waals surface area (Å²) in [6.07, 6.45) is 0. The Kier molecular flexibility index (Phi) is 5.90. The van der Waals surface area contributed by atoms with Crippen LogP contribution in [0.4, 0.5) is 0 Å². The van der Waals surface area contributed by atoms with Gasteiger partial charge in [-0.2, -0.15) is 0 Å². The number of benzene rings is 2. The van der Waals surface area contributed by atoms with Gasteiger partial charge < -0.3 is 14.8 Å². The molecular formula is C22H24N2O3S. The quantitative estimate of drug-likeness (QED) is 0.690. The van der Waals surface area contributed by atoms with E-state index in [9.17, 15) is 4.79 Å². The lowest BCUT2D eigenvalue weighted by Crippen LogP contribution is -2.43. The molecule has 2 heterocycles. The fraction of sp³-hybridized carbons (Fsp3) is 0.318. The van der Waals surface area contributed by atoms with E-state index < -0.39 is 0 Å². The predicted molar refractivity (Wildman–Crippen MR) is 112 cm³/mol. The van der Waals surface area contributed by atoms with Gasteiger partial charge >= 0.3 is 0 Å². The Labute approximate surface area is 168 Å². The molecule has 1 N–H and O–H groups in total. The number of methoxy groups -OCH3 is 1. The first-order valence-corrected chi connectivity index (χ1v) is 10.3. The minimum Gasteiger partial charge on any atom is -0.496 e. The Morgan fingerprint density at radius 2 is 1.93 bits per heavy atom. The number of morpholine rings is 1. The molecule has 146 valence electrons. The number of thiophene rings is 1. The largest absolute Gasteiger partial charge is 0.496 e. The smallest absolute Gasteiger partial charge is 0.255 e. The van der Waals surface area contributed by atoms with Crippen molar-refractivity contribution in [3.8, 4) is 5.75 Å².